The van der Waals surface area contributed by atoms with Crippen molar-refractivity contribution in [2.45, 2.75) is 26.3 Å². The molecule has 3 saturated heterocycles. The zero-order valence-corrected chi connectivity index (χ0v) is 15.1. The van der Waals surface area contributed by atoms with Gasteiger partial charge in [-0.1, -0.05) is 0 Å². The van der Waals surface area contributed by atoms with Gasteiger partial charge in [-0.3, -0.25) is 14.3 Å². The average molecular weight is 345 g/mol. The molecular weight excluding hydrogens is 318 g/mol. The lowest BCUT2D eigenvalue weighted by Gasteiger charge is -2.32. The first-order valence-electron chi connectivity index (χ1n) is 9.23. The Balaban J connectivity index is 1.50. The fourth-order valence-corrected chi connectivity index (χ4v) is 4.84. The van der Waals surface area contributed by atoms with E-state index in [1.165, 1.54) is 0 Å². The van der Waals surface area contributed by atoms with Gasteiger partial charge in [0.15, 0.2) is 0 Å². The van der Waals surface area contributed by atoms with E-state index in [0.717, 1.165) is 44.6 Å². The standard InChI is InChI=1S/C18H27N5O2/c1-14-7-19-23(8-14)11-16(24)22-10-15-9-20(2)12-18(15,13-22)17(25)21-5-3-4-6-21/h7-8,15H,3-6,9-13H2,1-2H3/t15-,18-/m0/s1. The number of likely N-dealkylation sites (tertiary alicyclic amines) is 3. The monoisotopic (exact) mass is 345 g/mol. The largest absolute Gasteiger partial charge is 0.342 e. The highest BCUT2D eigenvalue weighted by molar-refractivity contribution is 5.86. The molecule has 3 aliphatic heterocycles. The summed E-state index contributed by atoms with van der Waals surface area (Å²) in [5.41, 5.74) is 0.641. The van der Waals surface area contributed by atoms with Gasteiger partial charge in [0.25, 0.3) is 0 Å². The second-order valence-electron chi connectivity index (χ2n) is 8.04. The minimum atomic E-state index is -0.408. The van der Waals surface area contributed by atoms with E-state index < -0.39 is 5.41 Å². The average Bonchev–Trinajstić information content (AvgIpc) is 3.30. The minimum Gasteiger partial charge on any atom is -0.342 e. The third-order valence-corrected chi connectivity index (χ3v) is 6.01. The summed E-state index contributed by atoms with van der Waals surface area (Å²) in [6.07, 6.45) is 5.85. The molecule has 1 aromatic heterocycles. The number of carbonyl (C=O) groups excluding carboxylic acids is 2. The van der Waals surface area contributed by atoms with Gasteiger partial charge in [0.1, 0.15) is 6.54 Å². The Morgan fingerprint density at radius 2 is 1.96 bits per heavy atom. The summed E-state index contributed by atoms with van der Waals surface area (Å²) in [6.45, 7) is 6.86. The van der Waals surface area contributed by atoms with Crippen LogP contribution in [0, 0.1) is 18.3 Å². The van der Waals surface area contributed by atoms with Crippen molar-refractivity contribution in [2.75, 3.05) is 46.3 Å². The molecule has 136 valence electrons. The van der Waals surface area contributed by atoms with Crippen LogP contribution in [0.4, 0.5) is 0 Å². The summed E-state index contributed by atoms with van der Waals surface area (Å²) in [4.78, 5) is 32.2. The van der Waals surface area contributed by atoms with Crippen LogP contribution in [0.15, 0.2) is 12.4 Å². The third kappa shape index (κ3) is 2.84. The van der Waals surface area contributed by atoms with E-state index >= 15 is 0 Å². The molecule has 0 N–H and O–H groups in total. The summed E-state index contributed by atoms with van der Waals surface area (Å²) in [5.74, 6) is 0.576. The van der Waals surface area contributed by atoms with Crippen LogP contribution in [-0.2, 0) is 16.1 Å². The first-order chi connectivity index (χ1) is 12.0. The maximum absolute atomic E-state index is 13.3. The lowest BCUT2D eigenvalue weighted by molar-refractivity contribution is -0.141. The molecular formula is C18H27N5O2. The second kappa shape index (κ2) is 6.12. The van der Waals surface area contributed by atoms with E-state index in [9.17, 15) is 9.59 Å². The zero-order chi connectivity index (χ0) is 17.6. The van der Waals surface area contributed by atoms with E-state index in [4.69, 9.17) is 0 Å². The SMILES string of the molecule is Cc1cnn(CC(=O)N2C[C@@H]3CN(C)C[C@]3(C(=O)N3CCCC3)C2)c1. The number of amides is 2. The van der Waals surface area contributed by atoms with Crippen LogP contribution in [0.2, 0.25) is 0 Å². The Kier molecular flexibility index (Phi) is 4.06. The minimum absolute atomic E-state index is 0.0637. The molecule has 0 bridgehead atoms. The third-order valence-electron chi connectivity index (χ3n) is 6.01. The van der Waals surface area contributed by atoms with Gasteiger partial charge in [0.2, 0.25) is 11.8 Å². The van der Waals surface area contributed by atoms with Crippen LogP contribution in [0.3, 0.4) is 0 Å². The first kappa shape index (κ1) is 16.6. The molecule has 7 nitrogen and oxygen atoms in total. The molecule has 3 aliphatic rings. The molecule has 4 heterocycles. The summed E-state index contributed by atoms with van der Waals surface area (Å²) in [6, 6.07) is 0. The van der Waals surface area contributed by atoms with Gasteiger partial charge < -0.3 is 14.7 Å². The van der Waals surface area contributed by atoms with Crippen molar-refractivity contribution in [2.24, 2.45) is 11.3 Å². The molecule has 7 heteroatoms. The fraction of sp³-hybridized carbons (Fsp3) is 0.722. The van der Waals surface area contributed by atoms with E-state index in [2.05, 4.69) is 17.0 Å². The maximum atomic E-state index is 13.3. The topological polar surface area (TPSA) is 61.7 Å². The van der Waals surface area contributed by atoms with Crippen molar-refractivity contribution in [1.82, 2.24) is 24.5 Å². The number of hydrogen-bond donors (Lipinski definition) is 0. The highest BCUT2D eigenvalue weighted by atomic mass is 16.2. The molecule has 0 spiro atoms. The number of carbonyl (C=O) groups is 2. The molecule has 0 aromatic carbocycles. The maximum Gasteiger partial charge on any atom is 0.244 e. The van der Waals surface area contributed by atoms with Gasteiger partial charge in [-0.05, 0) is 32.4 Å². The zero-order valence-electron chi connectivity index (χ0n) is 15.1. The lowest BCUT2D eigenvalue weighted by atomic mass is 9.79. The Labute approximate surface area is 148 Å². The van der Waals surface area contributed by atoms with Crippen LogP contribution in [-0.4, -0.2) is 82.6 Å². The van der Waals surface area contributed by atoms with Crippen LogP contribution in [0.5, 0.6) is 0 Å². The predicted octanol–water partition coefficient (Wildman–Crippen LogP) is 0.204. The summed E-state index contributed by atoms with van der Waals surface area (Å²) in [5, 5.41) is 4.21. The van der Waals surface area contributed by atoms with Crippen LogP contribution in [0.25, 0.3) is 0 Å². The van der Waals surface area contributed by atoms with Gasteiger partial charge in [-0.2, -0.15) is 5.10 Å². The molecule has 0 unspecified atom stereocenters. The van der Waals surface area contributed by atoms with E-state index in [0.29, 0.717) is 13.1 Å². The van der Waals surface area contributed by atoms with Crippen LogP contribution >= 0.6 is 0 Å². The van der Waals surface area contributed by atoms with E-state index in [1.54, 1.807) is 10.9 Å². The van der Waals surface area contributed by atoms with Gasteiger partial charge in [-0.15, -0.1) is 0 Å². The fourth-order valence-electron chi connectivity index (χ4n) is 4.84. The smallest absolute Gasteiger partial charge is 0.244 e. The van der Waals surface area contributed by atoms with Gasteiger partial charge in [-0.25, -0.2) is 0 Å². The van der Waals surface area contributed by atoms with Crippen molar-refractivity contribution < 1.29 is 9.59 Å². The second-order valence-corrected chi connectivity index (χ2v) is 8.04. The summed E-state index contributed by atoms with van der Waals surface area (Å²) < 4.78 is 1.69. The van der Waals surface area contributed by atoms with Crippen LogP contribution in [0.1, 0.15) is 18.4 Å². The summed E-state index contributed by atoms with van der Waals surface area (Å²) >= 11 is 0. The van der Waals surface area contributed by atoms with E-state index in [-0.39, 0.29) is 24.3 Å². The number of fused-ring (bicyclic) bond motifs is 1. The molecule has 3 fully saturated rings. The lowest BCUT2D eigenvalue weighted by Crippen LogP contribution is -2.49. The normalized spacial score (nSPS) is 29.4. The van der Waals surface area contributed by atoms with Crippen molar-refractivity contribution in [1.29, 1.82) is 0 Å². The van der Waals surface area contributed by atoms with Crippen molar-refractivity contribution in [3.05, 3.63) is 18.0 Å². The predicted molar refractivity (Wildman–Crippen MR) is 92.8 cm³/mol. The van der Waals surface area contributed by atoms with Crippen molar-refractivity contribution in [3.8, 4) is 0 Å². The quantitative estimate of drug-likeness (QED) is 0.785. The molecule has 2 amide bonds. The molecule has 0 aliphatic carbocycles. The first-order valence-corrected chi connectivity index (χ1v) is 9.23. The molecule has 0 radical (unpaired) electrons. The van der Waals surface area contributed by atoms with Crippen molar-refractivity contribution in [3.63, 3.8) is 0 Å². The van der Waals surface area contributed by atoms with Gasteiger partial charge >= 0.3 is 0 Å². The highest BCUT2D eigenvalue weighted by Gasteiger charge is 2.58. The number of hydrogen-bond acceptors (Lipinski definition) is 4. The number of aromatic nitrogens is 2. The molecule has 1 aromatic rings. The Bertz CT molecular complexity index is 681. The molecule has 2 atom stereocenters. The number of nitrogens with zero attached hydrogens (tertiary/aromatic N) is 5. The van der Waals surface area contributed by atoms with Gasteiger partial charge in [0.05, 0.1) is 11.6 Å². The molecule has 0 saturated carbocycles. The van der Waals surface area contributed by atoms with Crippen LogP contribution < -0.4 is 0 Å². The molecule has 25 heavy (non-hydrogen) atoms. The summed E-state index contributed by atoms with van der Waals surface area (Å²) in [7, 11) is 2.08. The Morgan fingerprint density at radius 3 is 2.64 bits per heavy atom. The van der Waals surface area contributed by atoms with Crippen molar-refractivity contribution >= 4 is 11.8 Å². The Morgan fingerprint density at radius 1 is 1.20 bits per heavy atom. The highest BCUT2D eigenvalue weighted by Crippen LogP contribution is 2.44. The number of aryl methyl sites for hydroxylation is 1. The van der Waals surface area contributed by atoms with E-state index in [1.807, 2.05) is 22.9 Å². The Hall–Kier alpha value is -1.89. The van der Waals surface area contributed by atoms with Gasteiger partial charge in [0, 0.05) is 51.4 Å². The molecule has 4 rings (SSSR count). The number of rotatable bonds is 3.